The number of rotatable bonds is 6. The van der Waals surface area contributed by atoms with Crippen molar-refractivity contribution in [3.8, 4) is 0 Å². The van der Waals surface area contributed by atoms with Crippen LogP contribution in [0.4, 0.5) is 5.13 Å². The lowest BCUT2D eigenvalue weighted by Gasteiger charge is -2.06. The quantitative estimate of drug-likeness (QED) is 0.547. The Balaban J connectivity index is 1.55. The summed E-state index contributed by atoms with van der Waals surface area (Å²) in [5.41, 5.74) is 1.19. The van der Waals surface area contributed by atoms with E-state index in [9.17, 15) is 9.59 Å². The zero-order valence-corrected chi connectivity index (χ0v) is 17.4. The van der Waals surface area contributed by atoms with Crippen LogP contribution >= 0.6 is 46.1 Å². The van der Waals surface area contributed by atoms with Gasteiger partial charge in [0.1, 0.15) is 0 Å². The number of hydrogen-bond acceptors (Lipinski definition) is 4. The summed E-state index contributed by atoms with van der Waals surface area (Å²) in [5, 5.41) is 6.94. The number of nitrogens with zero attached hydrogens (tertiary/aromatic N) is 1. The third-order valence-electron chi connectivity index (χ3n) is 3.72. The average molecular weight is 455 g/mol. The standard InChI is InChI=1S/C19H14Cl3N3O2S/c20-14-6-2-1-5-13(14)18(27)23-10-16(26)25-19-24-9-12(28-19)8-11-4-3-7-15(21)17(11)22/h1-7,9H,8,10H2,(H,23,27)(H,24,25,26). The Morgan fingerprint density at radius 1 is 1.00 bits per heavy atom. The second-order valence-corrected chi connectivity index (χ2v) is 8.04. The van der Waals surface area contributed by atoms with Crippen LogP contribution in [-0.4, -0.2) is 23.3 Å². The summed E-state index contributed by atoms with van der Waals surface area (Å²) in [4.78, 5) is 29.2. The van der Waals surface area contributed by atoms with E-state index in [4.69, 9.17) is 34.8 Å². The molecule has 0 radical (unpaired) electrons. The van der Waals surface area contributed by atoms with Crippen molar-refractivity contribution in [2.75, 3.05) is 11.9 Å². The summed E-state index contributed by atoms with van der Waals surface area (Å²) < 4.78 is 0. The fourth-order valence-corrected chi connectivity index (χ4v) is 3.84. The van der Waals surface area contributed by atoms with Crippen LogP contribution in [-0.2, 0) is 11.2 Å². The number of amides is 2. The number of carbonyl (C=O) groups excluding carboxylic acids is 2. The summed E-state index contributed by atoms with van der Waals surface area (Å²) in [6.45, 7) is -0.195. The molecule has 2 aromatic carbocycles. The smallest absolute Gasteiger partial charge is 0.253 e. The van der Waals surface area contributed by atoms with Crippen molar-refractivity contribution in [1.29, 1.82) is 0 Å². The summed E-state index contributed by atoms with van der Waals surface area (Å²) in [7, 11) is 0. The minimum Gasteiger partial charge on any atom is -0.343 e. The first-order valence-corrected chi connectivity index (χ1v) is 10.1. The van der Waals surface area contributed by atoms with Crippen molar-refractivity contribution in [3.63, 3.8) is 0 Å². The summed E-state index contributed by atoms with van der Waals surface area (Å²) >= 11 is 19.5. The van der Waals surface area contributed by atoms with E-state index < -0.39 is 5.91 Å². The van der Waals surface area contributed by atoms with Crippen LogP contribution in [0.25, 0.3) is 0 Å². The van der Waals surface area contributed by atoms with Gasteiger partial charge in [0.15, 0.2) is 5.13 Å². The summed E-state index contributed by atoms with van der Waals surface area (Å²) in [6.07, 6.45) is 2.22. The molecule has 3 aromatic rings. The van der Waals surface area contributed by atoms with Gasteiger partial charge in [0.05, 0.1) is 27.2 Å². The fraction of sp³-hybridized carbons (Fsp3) is 0.105. The molecule has 0 saturated carbocycles. The molecule has 0 saturated heterocycles. The molecule has 0 unspecified atom stereocenters. The van der Waals surface area contributed by atoms with Crippen LogP contribution < -0.4 is 10.6 Å². The number of thiazole rings is 1. The van der Waals surface area contributed by atoms with E-state index in [2.05, 4.69) is 15.6 Å². The number of hydrogen-bond donors (Lipinski definition) is 2. The third-order valence-corrected chi connectivity index (χ3v) is 5.82. The highest BCUT2D eigenvalue weighted by molar-refractivity contribution is 7.15. The zero-order chi connectivity index (χ0) is 20.1. The number of halogens is 3. The molecule has 0 atom stereocenters. The molecule has 1 aromatic heterocycles. The fourth-order valence-electron chi connectivity index (χ4n) is 2.38. The maximum Gasteiger partial charge on any atom is 0.253 e. The average Bonchev–Trinajstić information content (AvgIpc) is 3.10. The van der Waals surface area contributed by atoms with Crippen LogP contribution in [0.15, 0.2) is 48.7 Å². The number of nitrogens with one attached hydrogen (secondary N) is 2. The molecule has 5 nitrogen and oxygen atoms in total. The summed E-state index contributed by atoms with van der Waals surface area (Å²) in [6, 6.07) is 12.1. The van der Waals surface area contributed by atoms with Gasteiger partial charge in [-0.3, -0.25) is 9.59 Å². The number of carbonyl (C=O) groups is 2. The molecule has 0 aliphatic carbocycles. The van der Waals surface area contributed by atoms with Gasteiger partial charge < -0.3 is 10.6 Å². The molecule has 0 aliphatic rings. The second kappa shape index (κ2) is 9.39. The lowest BCUT2D eigenvalue weighted by Crippen LogP contribution is -2.32. The molecule has 2 amide bonds. The van der Waals surface area contributed by atoms with E-state index in [1.165, 1.54) is 11.3 Å². The highest BCUT2D eigenvalue weighted by Crippen LogP contribution is 2.29. The van der Waals surface area contributed by atoms with E-state index in [-0.39, 0.29) is 12.5 Å². The van der Waals surface area contributed by atoms with E-state index >= 15 is 0 Å². The zero-order valence-electron chi connectivity index (χ0n) is 14.3. The first-order valence-electron chi connectivity index (χ1n) is 8.14. The second-order valence-electron chi connectivity index (χ2n) is 5.73. The molecule has 9 heteroatoms. The van der Waals surface area contributed by atoms with Gasteiger partial charge in [0.2, 0.25) is 5.91 Å². The third kappa shape index (κ3) is 5.23. The molecule has 0 bridgehead atoms. The largest absolute Gasteiger partial charge is 0.343 e. The summed E-state index contributed by atoms with van der Waals surface area (Å²) in [5.74, 6) is -0.807. The molecule has 2 N–H and O–H groups in total. The maximum absolute atomic E-state index is 12.1. The van der Waals surface area contributed by atoms with E-state index in [1.807, 2.05) is 12.1 Å². The minimum absolute atomic E-state index is 0.195. The Labute approximate surface area is 180 Å². The molecule has 0 spiro atoms. The lowest BCUT2D eigenvalue weighted by molar-refractivity contribution is -0.115. The van der Waals surface area contributed by atoms with Gasteiger partial charge in [-0.05, 0) is 23.8 Å². The number of benzene rings is 2. The molecular formula is C19H14Cl3N3O2S. The Morgan fingerprint density at radius 2 is 1.75 bits per heavy atom. The highest BCUT2D eigenvalue weighted by atomic mass is 35.5. The van der Waals surface area contributed by atoms with Gasteiger partial charge in [-0.15, -0.1) is 11.3 Å². The van der Waals surface area contributed by atoms with Gasteiger partial charge in [-0.25, -0.2) is 4.98 Å². The molecular weight excluding hydrogens is 441 g/mol. The SMILES string of the molecule is O=C(CNC(=O)c1ccccc1Cl)Nc1ncc(Cc2cccc(Cl)c2Cl)s1. The van der Waals surface area contributed by atoms with Crippen molar-refractivity contribution in [3.05, 3.63) is 79.7 Å². The van der Waals surface area contributed by atoms with Crippen molar-refractivity contribution in [1.82, 2.24) is 10.3 Å². The van der Waals surface area contributed by atoms with Crippen LogP contribution in [0, 0.1) is 0 Å². The van der Waals surface area contributed by atoms with E-state index in [0.29, 0.717) is 32.2 Å². The first kappa shape index (κ1) is 20.6. The predicted molar refractivity (Wildman–Crippen MR) is 114 cm³/mol. The van der Waals surface area contributed by atoms with Crippen molar-refractivity contribution >= 4 is 63.1 Å². The normalized spacial score (nSPS) is 10.5. The van der Waals surface area contributed by atoms with Gasteiger partial charge in [0, 0.05) is 17.5 Å². The van der Waals surface area contributed by atoms with E-state index in [1.54, 1.807) is 36.5 Å². The maximum atomic E-state index is 12.1. The van der Waals surface area contributed by atoms with Crippen LogP contribution in [0.5, 0.6) is 0 Å². The van der Waals surface area contributed by atoms with Gasteiger partial charge in [-0.1, -0.05) is 59.1 Å². The van der Waals surface area contributed by atoms with Gasteiger partial charge in [0.25, 0.3) is 5.91 Å². The van der Waals surface area contributed by atoms with Crippen LogP contribution in [0.3, 0.4) is 0 Å². The Morgan fingerprint density at radius 3 is 2.54 bits per heavy atom. The van der Waals surface area contributed by atoms with Crippen molar-refractivity contribution < 1.29 is 9.59 Å². The molecule has 3 rings (SSSR count). The molecule has 28 heavy (non-hydrogen) atoms. The Hall–Kier alpha value is -2.12. The first-order chi connectivity index (χ1) is 13.4. The lowest BCUT2D eigenvalue weighted by atomic mass is 10.1. The monoisotopic (exact) mass is 453 g/mol. The van der Waals surface area contributed by atoms with E-state index in [0.717, 1.165) is 10.4 Å². The Bertz CT molecular complexity index is 1020. The van der Waals surface area contributed by atoms with Gasteiger partial charge in [-0.2, -0.15) is 0 Å². The van der Waals surface area contributed by atoms with Crippen LogP contribution in [0.1, 0.15) is 20.8 Å². The molecule has 144 valence electrons. The molecule has 0 aliphatic heterocycles. The number of anilines is 1. The highest BCUT2D eigenvalue weighted by Gasteiger charge is 2.13. The molecule has 0 fully saturated rings. The van der Waals surface area contributed by atoms with Crippen molar-refractivity contribution in [2.24, 2.45) is 0 Å². The Kier molecular flexibility index (Phi) is 6.91. The predicted octanol–water partition coefficient (Wildman–Crippen LogP) is 5.06. The van der Waals surface area contributed by atoms with Crippen molar-refractivity contribution in [2.45, 2.75) is 6.42 Å². The van der Waals surface area contributed by atoms with Gasteiger partial charge >= 0.3 is 0 Å². The topological polar surface area (TPSA) is 71.1 Å². The number of aromatic nitrogens is 1. The van der Waals surface area contributed by atoms with Crippen LogP contribution in [0.2, 0.25) is 15.1 Å². The minimum atomic E-state index is -0.420. The molecule has 1 heterocycles.